The second-order valence-corrected chi connectivity index (χ2v) is 6.34. The zero-order valence-corrected chi connectivity index (χ0v) is 13.5. The lowest BCUT2D eigenvalue weighted by Crippen LogP contribution is -2.28. The number of rotatable bonds is 9. The van der Waals surface area contributed by atoms with Gasteiger partial charge in [0.15, 0.2) is 0 Å². The molecule has 120 valence electrons. The Kier molecular flexibility index (Phi) is 8.19. The number of benzene rings is 1. The summed E-state index contributed by atoms with van der Waals surface area (Å²) in [5, 5.41) is 3.51. The van der Waals surface area contributed by atoms with Crippen molar-refractivity contribution in [2.24, 2.45) is 0 Å². The Labute approximate surface area is 129 Å². The molecule has 5 heteroatoms. The first-order chi connectivity index (χ1) is 9.94. The van der Waals surface area contributed by atoms with Crippen LogP contribution in [0.4, 0.5) is 13.2 Å². The molecule has 0 radical (unpaired) electrons. The van der Waals surface area contributed by atoms with Crippen LogP contribution in [0.25, 0.3) is 0 Å². The van der Waals surface area contributed by atoms with E-state index in [9.17, 15) is 13.2 Å². The van der Waals surface area contributed by atoms with E-state index in [1.165, 1.54) is 25.0 Å². The minimum Gasteiger partial charge on any atom is -0.310 e. The Morgan fingerprint density at radius 2 is 1.71 bits per heavy atom. The highest BCUT2D eigenvalue weighted by molar-refractivity contribution is 8.00. The van der Waals surface area contributed by atoms with Crippen LogP contribution in [0.1, 0.15) is 51.5 Å². The van der Waals surface area contributed by atoms with Crippen molar-refractivity contribution in [2.45, 2.75) is 68.9 Å². The van der Waals surface area contributed by atoms with E-state index in [1.807, 2.05) is 0 Å². The molecule has 0 aliphatic rings. The fourth-order valence-electron chi connectivity index (χ4n) is 2.22. The number of thioether (sulfide) groups is 1. The fraction of sp³-hybridized carbons (Fsp3) is 0.625. The zero-order valence-electron chi connectivity index (χ0n) is 12.7. The highest BCUT2D eigenvalue weighted by Gasteiger charge is 2.28. The average molecular weight is 319 g/mol. The van der Waals surface area contributed by atoms with Crippen LogP contribution in [0, 0.1) is 0 Å². The van der Waals surface area contributed by atoms with Gasteiger partial charge in [-0.1, -0.05) is 45.2 Å². The topological polar surface area (TPSA) is 12.0 Å². The van der Waals surface area contributed by atoms with Gasteiger partial charge in [0, 0.05) is 17.5 Å². The number of unbranched alkanes of at least 4 members (excludes halogenated alkanes) is 1. The van der Waals surface area contributed by atoms with Crippen molar-refractivity contribution in [2.75, 3.05) is 0 Å². The summed E-state index contributed by atoms with van der Waals surface area (Å²) in [6.45, 7) is 5.06. The maximum atomic E-state index is 12.2. The van der Waals surface area contributed by atoms with E-state index in [0.29, 0.717) is 12.6 Å². The van der Waals surface area contributed by atoms with Gasteiger partial charge in [-0.25, -0.2) is 0 Å². The van der Waals surface area contributed by atoms with Crippen LogP contribution in [0.5, 0.6) is 0 Å². The van der Waals surface area contributed by atoms with E-state index < -0.39 is 5.51 Å². The zero-order chi connectivity index (χ0) is 15.7. The van der Waals surface area contributed by atoms with E-state index in [-0.39, 0.29) is 16.7 Å². The molecule has 1 N–H and O–H groups in total. The SMILES string of the molecule is CCCCC(CCC)NCc1ccc(SC(F)(F)F)cc1. The summed E-state index contributed by atoms with van der Waals surface area (Å²) in [6, 6.07) is 7.11. The number of hydrogen-bond donors (Lipinski definition) is 1. The third-order valence-electron chi connectivity index (χ3n) is 3.30. The minimum absolute atomic E-state index is 0.0673. The van der Waals surface area contributed by atoms with E-state index in [4.69, 9.17) is 0 Å². The molecule has 0 amide bonds. The molecule has 0 aliphatic heterocycles. The molecule has 1 unspecified atom stereocenters. The minimum atomic E-state index is -4.22. The third kappa shape index (κ3) is 8.37. The molecule has 0 bridgehead atoms. The van der Waals surface area contributed by atoms with E-state index in [2.05, 4.69) is 19.2 Å². The van der Waals surface area contributed by atoms with Gasteiger partial charge in [0.2, 0.25) is 0 Å². The standard InChI is InChI=1S/C16H24F3NS/c1-3-5-7-14(6-4-2)20-12-13-8-10-15(11-9-13)21-16(17,18)19/h8-11,14,20H,3-7,12H2,1-2H3. The highest BCUT2D eigenvalue weighted by Crippen LogP contribution is 2.36. The second kappa shape index (κ2) is 9.36. The average Bonchev–Trinajstić information content (AvgIpc) is 2.42. The summed E-state index contributed by atoms with van der Waals surface area (Å²) in [5.74, 6) is 0. The number of halogens is 3. The fourth-order valence-corrected chi connectivity index (χ4v) is 2.76. The van der Waals surface area contributed by atoms with E-state index in [0.717, 1.165) is 24.8 Å². The Morgan fingerprint density at radius 1 is 1.05 bits per heavy atom. The predicted molar refractivity (Wildman–Crippen MR) is 83.4 cm³/mol. The van der Waals surface area contributed by atoms with Gasteiger partial charge in [-0.05, 0) is 42.3 Å². The maximum Gasteiger partial charge on any atom is 0.446 e. The van der Waals surface area contributed by atoms with Crippen molar-refractivity contribution in [3.8, 4) is 0 Å². The predicted octanol–water partition coefficient (Wildman–Crippen LogP) is 5.75. The largest absolute Gasteiger partial charge is 0.446 e. The van der Waals surface area contributed by atoms with Crippen molar-refractivity contribution in [1.29, 1.82) is 0 Å². The quantitative estimate of drug-likeness (QED) is 0.582. The normalized spacial score (nSPS) is 13.4. The van der Waals surface area contributed by atoms with Gasteiger partial charge >= 0.3 is 5.51 Å². The van der Waals surface area contributed by atoms with Crippen LogP contribution in [-0.2, 0) is 6.54 Å². The Bertz CT molecular complexity index is 390. The van der Waals surface area contributed by atoms with Gasteiger partial charge in [0.25, 0.3) is 0 Å². The Hall–Kier alpha value is -0.680. The van der Waals surface area contributed by atoms with Gasteiger partial charge in [-0.15, -0.1) is 0 Å². The molecule has 1 aromatic carbocycles. The highest BCUT2D eigenvalue weighted by atomic mass is 32.2. The summed E-state index contributed by atoms with van der Waals surface area (Å²) in [6.07, 6.45) is 5.83. The van der Waals surface area contributed by atoms with Crippen LogP contribution in [0.2, 0.25) is 0 Å². The molecule has 1 nitrogen and oxygen atoms in total. The van der Waals surface area contributed by atoms with Gasteiger partial charge in [0.05, 0.1) is 0 Å². The molecule has 21 heavy (non-hydrogen) atoms. The second-order valence-electron chi connectivity index (χ2n) is 5.20. The number of hydrogen-bond acceptors (Lipinski definition) is 2. The Morgan fingerprint density at radius 3 is 2.24 bits per heavy atom. The van der Waals surface area contributed by atoms with Gasteiger partial charge in [-0.3, -0.25) is 0 Å². The maximum absolute atomic E-state index is 12.2. The van der Waals surface area contributed by atoms with Gasteiger partial charge in [0.1, 0.15) is 0 Å². The smallest absolute Gasteiger partial charge is 0.310 e. The lowest BCUT2D eigenvalue weighted by Gasteiger charge is -2.18. The molecule has 0 heterocycles. The first-order valence-electron chi connectivity index (χ1n) is 7.52. The first kappa shape index (κ1) is 18.4. The molecule has 0 fully saturated rings. The molecule has 1 aromatic rings. The molecule has 0 aromatic heterocycles. The van der Waals surface area contributed by atoms with Gasteiger partial charge < -0.3 is 5.32 Å². The lowest BCUT2D eigenvalue weighted by molar-refractivity contribution is -0.0328. The van der Waals surface area contributed by atoms with Gasteiger partial charge in [-0.2, -0.15) is 13.2 Å². The van der Waals surface area contributed by atoms with Crippen LogP contribution < -0.4 is 5.32 Å². The summed E-state index contributed by atoms with van der Waals surface area (Å²) < 4.78 is 36.7. The van der Waals surface area contributed by atoms with Crippen molar-refractivity contribution in [3.05, 3.63) is 29.8 Å². The monoisotopic (exact) mass is 319 g/mol. The Balaban J connectivity index is 2.46. The van der Waals surface area contributed by atoms with Crippen LogP contribution in [0.3, 0.4) is 0 Å². The molecule has 0 aliphatic carbocycles. The van der Waals surface area contributed by atoms with Crippen LogP contribution in [0.15, 0.2) is 29.2 Å². The lowest BCUT2D eigenvalue weighted by atomic mass is 10.0. The molecular weight excluding hydrogens is 295 g/mol. The van der Waals surface area contributed by atoms with E-state index >= 15 is 0 Å². The van der Waals surface area contributed by atoms with Crippen molar-refractivity contribution >= 4 is 11.8 Å². The molecule has 0 saturated carbocycles. The first-order valence-corrected chi connectivity index (χ1v) is 8.34. The molecule has 1 atom stereocenters. The summed E-state index contributed by atoms with van der Waals surface area (Å²) >= 11 is -0.0673. The summed E-state index contributed by atoms with van der Waals surface area (Å²) in [4.78, 5) is 0.238. The number of nitrogens with one attached hydrogen (secondary N) is 1. The summed E-state index contributed by atoms with van der Waals surface area (Å²) in [7, 11) is 0. The molecular formula is C16H24F3NS. The van der Waals surface area contributed by atoms with E-state index in [1.54, 1.807) is 12.1 Å². The van der Waals surface area contributed by atoms with Crippen LogP contribution in [-0.4, -0.2) is 11.6 Å². The molecule has 0 saturated heterocycles. The third-order valence-corrected chi connectivity index (χ3v) is 4.03. The van der Waals surface area contributed by atoms with Crippen molar-refractivity contribution < 1.29 is 13.2 Å². The summed E-state index contributed by atoms with van der Waals surface area (Å²) in [5.41, 5.74) is -3.19. The van der Waals surface area contributed by atoms with Crippen molar-refractivity contribution in [3.63, 3.8) is 0 Å². The van der Waals surface area contributed by atoms with Crippen LogP contribution >= 0.6 is 11.8 Å². The molecule has 1 rings (SSSR count). The number of alkyl halides is 3. The van der Waals surface area contributed by atoms with Crippen molar-refractivity contribution in [1.82, 2.24) is 5.32 Å². The molecule has 0 spiro atoms.